The van der Waals surface area contributed by atoms with Crippen LogP contribution in [0.15, 0.2) is 127 Å². The summed E-state index contributed by atoms with van der Waals surface area (Å²) in [6, 6.07) is 41.1. The Morgan fingerprint density at radius 3 is 1.83 bits per heavy atom. The Hall–Kier alpha value is -4.60. The summed E-state index contributed by atoms with van der Waals surface area (Å²) in [6.07, 6.45) is 0.0625. The second kappa shape index (κ2) is 13.3. The lowest BCUT2D eigenvalue weighted by atomic mass is 9.46. The molecule has 1 saturated carbocycles. The fourth-order valence-electron chi connectivity index (χ4n) is 7.36. The SMILES string of the molecule is COc1ccc(C2CC(O)(c3ccccc3)C(C(=O)c3ccccc3)C(c3ccc(OC)cc3)C2(C#N)c2ccc(Cl)c(Cl)c2)cc1. The highest BCUT2D eigenvalue weighted by molar-refractivity contribution is 6.42. The van der Waals surface area contributed by atoms with E-state index in [-0.39, 0.29) is 17.2 Å². The molecule has 0 amide bonds. The second-order valence-corrected chi connectivity index (χ2v) is 12.7. The van der Waals surface area contributed by atoms with Crippen LogP contribution < -0.4 is 9.47 Å². The minimum Gasteiger partial charge on any atom is -0.497 e. The molecule has 1 N–H and O–H groups in total. The Bertz CT molecular complexity index is 1910. The average molecular weight is 663 g/mol. The van der Waals surface area contributed by atoms with Gasteiger partial charge >= 0.3 is 0 Å². The van der Waals surface area contributed by atoms with Gasteiger partial charge in [0.25, 0.3) is 0 Å². The van der Waals surface area contributed by atoms with E-state index in [2.05, 4.69) is 6.07 Å². The van der Waals surface area contributed by atoms with Gasteiger partial charge in [-0.05, 0) is 65.1 Å². The molecule has 1 aliphatic carbocycles. The molecular formula is C40H33Cl2NO4. The number of benzene rings is 5. The maximum Gasteiger partial charge on any atom is 0.169 e. The van der Waals surface area contributed by atoms with E-state index in [1.165, 1.54) is 0 Å². The van der Waals surface area contributed by atoms with Crippen molar-refractivity contribution in [2.24, 2.45) is 5.92 Å². The average Bonchev–Trinajstić information content (AvgIpc) is 3.13. The Kier molecular flexibility index (Phi) is 9.12. The van der Waals surface area contributed by atoms with Gasteiger partial charge in [0.05, 0.1) is 41.7 Å². The Labute approximate surface area is 284 Å². The molecule has 5 aromatic rings. The number of aliphatic hydroxyl groups is 1. The number of hydrogen-bond donors (Lipinski definition) is 1. The third-order valence-electron chi connectivity index (χ3n) is 9.59. The molecule has 0 spiro atoms. The molecular weight excluding hydrogens is 629 g/mol. The summed E-state index contributed by atoms with van der Waals surface area (Å²) in [5, 5.41) is 25.5. The van der Waals surface area contributed by atoms with Gasteiger partial charge in [-0.15, -0.1) is 0 Å². The maximum absolute atomic E-state index is 15.0. The van der Waals surface area contributed by atoms with Crippen molar-refractivity contribution in [3.05, 3.63) is 165 Å². The quantitative estimate of drug-likeness (QED) is 0.168. The Morgan fingerprint density at radius 1 is 0.745 bits per heavy atom. The zero-order valence-corrected chi connectivity index (χ0v) is 27.5. The predicted octanol–water partition coefficient (Wildman–Crippen LogP) is 9.13. The summed E-state index contributed by atoms with van der Waals surface area (Å²) in [6.45, 7) is 0. The van der Waals surface area contributed by atoms with E-state index in [1.54, 1.807) is 56.7 Å². The molecule has 236 valence electrons. The molecule has 1 fully saturated rings. The highest BCUT2D eigenvalue weighted by atomic mass is 35.5. The normalized spacial score (nSPS) is 23.8. The van der Waals surface area contributed by atoms with Crippen molar-refractivity contribution in [2.45, 2.75) is 29.3 Å². The van der Waals surface area contributed by atoms with Crippen molar-refractivity contribution in [1.29, 1.82) is 5.26 Å². The zero-order valence-electron chi connectivity index (χ0n) is 25.9. The first-order valence-corrected chi connectivity index (χ1v) is 16.0. The first kappa shape index (κ1) is 32.3. The number of nitrogens with zero attached hydrogens (tertiary/aromatic N) is 1. The van der Waals surface area contributed by atoms with Gasteiger partial charge in [0.2, 0.25) is 0 Å². The van der Waals surface area contributed by atoms with Gasteiger partial charge in [-0.3, -0.25) is 4.79 Å². The molecule has 5 atom stereocenters. The second-order valence-electron chi connectivity index (χ2n) is 11.9. The first-order valence-electron chi connectivity index (χ1n) is 15.3. The minimum absolute atomic E-state index is 0.0625. The molecule has 0 aliphatic heterocycles. The molecule has 0 aromatic heterocycles. The number of methoxy groups -OCH3 is 2. The molecule has 0 radical (unpaired) electrons. The van der Waals surface area contributed by atoms with E-state index in [1.807, 2.05) is 84.9 Å². The lowest BCUT2D eigenvalue weighted by Crippen LogP contribution is -2.58. The Morgan fingerprint density at radius 2 is 1.30 bits per heavy atom. The van der Waals surface area contributed by atoms with Crippen LogP contribution in [0.5, 0.6) is 11.5 Å². The topological polar surface area (TPSA) is 79.6 Å². The number of rotatable bonds is 8. The number of Topliss-reactive ketones (excluding diaryl/α,β-unsaturated/α-hetero) is 1. The van der Waals surface area contributed by atoms with Crippen LogP contribution >= 0.6 is 23.2 Å². The van der Waals surface area contributed by atoms with Crippen LogP contribution in [0.4, 0.5) is 0 Å². The summed E-state index contributed by atoms with van der Waals surface area (Å²) in [5.41, 5.74) is 0.0170. The standard InChI is InChI=1S/C40H33Cl2NO4/c1-46-31-18-13-26(14-19-31)33-24-40(45,29-11-7-4-8-12-29)37(38(44)28-9-5-3-6-10-28)36(27-15-20-32(47-2)21-16-27)39(33,25-43)30-17-22-34(41)35(42)23-30/h3-23,33,36-37,45H,24H2,1-2H3. The van der Waals surface area contributed by atoms with E-state index in [4.69, 9.17) is 32.7 Å². The number of nitriles is 1. The number of ether oxygens (including phenoxy) is 2. The number of carbonyl (C=O) groups is 1. The van der Waals surface area contributed by atoms with Crippen LogP contribution in [0.3, 0.4) is 0 Å². The molecule has 0 heterocycles. The summed E-state index contributed by atoms with van der Waals surface area (Å²) in [4.78, 5) is 15.0. The van der Waals surface area contributed by atoms with Crippen LogP contribution in [0.2, 0.25) is 10.0 Å². The molecule has 7 heteroatoms. The van der Waals surface area contributed by atoms with Crippen molar-refractivity contribution < 1.29 is 19.4 Å². The lowest BCUT2D eigenvalue weighted by molar-refractivity contribution is -0.0738. The van der Waals surface area contributed by atoms with Gasteiger partial charge in [0.15, 0.2) is 5.78 Å². The Balaban J connectivity index is 1.74. The van der Waals surface area contributed by atoms with Crippen LogP contribution in [0, 0.1) is 17.2 Å². The molecule has 5 aromatic carbocycles. The van der Waals surface area contributed by atoms with Crippen LogP contribution in [-0.2, 0) is 11.0 Å². The van der Waals surface area contributed by atoms with Gasteiger partial charge in [-0.2, -0.15) is 5.26 Å². The first-order chi connectivity index (χ1) is 22.8. The van der Waals surface area contributed by atoms with E-state index in [9.17, 15) is 10.4 Å². The third kappa shape index (κ3) is 5.68. The number of halogens is 2. The molecule has 5 unspecified atom stereocenters. The lowest BCUT2D eigenvalue weighted by Gasteiger charge is -2.56. The molecule has 0 bridgehead atoms. The summed E-state index contributed by atoms with van der Waals surface area (Å²) >= 11 is 13.1. The van der Waals surface area contributed by atoms with Crippen molar-refractivity contribution in [3.63, 3.8) is 0 Å². The number of ketones is 1. The fraction of sp³-hybridized carbons (Fsp3) is 0.200. The van der Waals surface area contributed by atoms with E-state index in [0.717, 1.165) is 5.56 Å². The van der Waals surface area contributed by atoms with Gasteiger partial charge in [-0.1, -0.05) is 114 Å². The van der Waals surface area contributed by atoms with Crippen molar-refractivity contribution in [2.75, 3.05) is 14.2 Å². The zero-order chi connectivity index (χ0) is 33.2. The van der Waals surface area contributed by atoms with Gasteiger partial charge in [-0.25, -0.2) is 0 Å². The highest BCUT2D eigenvalue weighted by Gasteiger charge is 2.64. The van der Waals surface area contributed by atoms with Crippen LogP contribution in [-0.4, -0.2) is 25.1 Å². The van der Waals surface area contributed by atoms with E-state index < -0.39 is 28.8 Å². The monoisotopic (exact) mass is 661 g/mol. The van der Waals surface area contributed by atoms with Gasteiger partial charge in [0, 0.05) is 17.4 Å². The maximum atomic E-state index is 15.0. The van der Waals surface area contributed by atoms with E-state index >= 15 is 4.79 Å². The number of hydrogen-bond acceptors (Lipinski definition) is 5. The molecule has 47 heavy (non-hydrogen) atoms. The predicted molar refractivity (Wildman–Crippen MR) is 184 cm³/mol. The third-order valence-corrected chi connectivity index (χ3v) is 10.3. The highest BCUT2D eigenvalue weighted by Crippen LogP contribution is 2.64. The van der Waals surface area contributed by atoms with Gasteiger partial charge < -0.3 is 14.6 Å². The fourth-order valence-corrected chi connectivity index (χ4v) is 7.66. The molecule has 5 nitrogen and oxygen atoms in total. The van der Waals surface area contributed by atoms with Gasteiger partial charge in [0.1, 0.15) is 17.1 Å². The smallest absolute Gasteiger partial charge is 0.169 e. The van der Waals surface area contributed by atoms with Crippen LogP contribution in [0.1, 0.15) is 50.9 Å². The largest absolute Gasteiger partial charge is 0.497 e. The van der Waals surface area contributed by atoms with E-state index in [0.29, 0.717) is 38.8 Å². The summed E-state index contributed by atoms with van der Waals surface area (Å²) in [7, 11) is 3.18. The van der Waals surface area contributed by atoms with Crippen molar-refractivity contribution >= 4 is 29.0 Å². The van der Waals surface area contributed by atoms with Crippen LogP contribution in [0.25, 0.3) is 0 Å². The molecule has 1 aliphatic rings. The molecule has 6 rings (SSSR count). The minimum atomic E-state index is -1.69. The van der Waals surface area contributed by atoms with Crippen molar-refractivity contribution in [3.8, 4) is 17.6 Å². The summed E-state index contributed by atoms with van der Waals surface area (Å²) < 4.78 is 11.0. The number of carbonyl (C=O) groups excluding carboxylic acids is 1. The van der Waals surface area contributed by atoms with Crippen molar-refractivity contribution in [1.82, 2.24) is 0 Å². The molecule has 0 saturated heterocycles. The summed E-state index contributed by atoms with van der Waals surface area (Å²) in [5.74, 6) is -1.57.